The molecule has 0 aliphatic carbocycles. The van der Waals surface area contributed by atoms with E-state index in [4.69, 9.17) is 17.0 Å². The molecule has 0 aliphatic heterocycles. The highest BCUT2D eigenvalue weighted by atomic mass is 32.1. The minimum absolute atomic E-state index is 0.632. The third kappa shape index (κ3) is 2.22. The van der Waals surface area contributed by atoms with Gasteiger partial charge in [0.05, 0.1) is 24.9 Å². The number of nitrogens with zero attached hydrogens (tertiary/aromatic N) is 3. The second-order valence-electron chi connectivity index (χ2n) is 4.62. The third-order valence-corrected chi connectivity index (χ3v) is 3.49. The van der Waals surface area contributed by atoms with Gasteiger partial charge in [-0.15, -0.1) is 0 Å². The number of hydrogen-bond acceptors (Lipinski definition) is 3. The van der Waals surface area contributed by atoms with Gasteiger partial charge in [-0.05, 0) is 31.3 Å². The van der Waals surface area contributed by atoms with Crippen LogP contribution in [0.1, 0.15) is 12.5 Å². The van der Waals surface area contributed by atoms with Gasteiger partial charge in [-0.3, -0.25) is 4.68 Å². The Labute approximate surface area is 121 Å². The predicted octanol–water partition coefficient (Wildman–Crippen LogP) is 2.88. The number of nitrogens with one attached hydrogen (secondary N) is 1. The van der Waals surface area contributed by atoms with Crippen LogP contribution in [0.2, 0.25) is 0 Å². The van der Waals surface area contributed by atoms with Crippen molar-refractivity contribution in [2.75, 3.05) is 6.61 Å². The summed E-state index contributed by atoms with van der Waals surface area (Å²) in [6, 6.07) is 5.97. The van der Waals surface area contributed by atoms with Crippen LogP contribution in [0.3, 0.4) is 0 Å². The molecule has 0 saturated carbocycles. The molecule has 0 radical (unpaired) electrons. The van der Waals surface area contributed by atoms with Crippen molar-refractivity contribution in [3.63, 3.8) is 0 Å². The molecule has 0 bridgehead atoms. The lowest BCUT2D eigenvalue weighted by atomic mass is 10.3. The Balaban J connectivity index is 2.09. The molecule has 6 heteroatoms. The summed E-state index contributed by atoms with van der Waals surface area (Å²) in [6.45, 7) is 3.30. The molecule has 0 atom stereocenters. The molecule has 2 heterocycles. The first-order chi connectivity index (χ1) is 9.69. The van der Waals surface area contributed by atoms with Crippen molar-refractivity contribution >= 4 is 23.3 Å². The second kappa shape index (κ2) is 5.13. The van der Waals surface area contributed by atoms with Gasteiger partial charge >= 0.3 is 0 Å². The summed E-state index contributed by atoms with van der Waals surface area (Å²) in [5.41, 5.74) is 3.11. The van der Waals surface area contributed by atoms with Gasteiger partial charge in [-0.25, -0.2) is 0 Å². The minimum atomic E-state index is 0.632. The van der Waals surface area contributed by atoms with Gasteiger partial charge in [0.25, 0.3) is 0 Å². The van der Waals surface area contributed by atoms with Gasteiger partial charge in [-0.1, -0.05) is 6.07 Å². The van der Waals surface area contributed by atoms with Crippen molar-refractivity contribution in [1.82, 2.24) is 19.3 Å². The number of benzene rings is 1. The number of hydrogen-bond donors (Lipinski definition) is 1. The first kappa shape index (κ1) is 12.9. The maximum absolute atomic E-state index is 5.63. The van der Waals surface area contributed by atoms with Crippen molar-refractivity contribution in [3.05, 3.63) is 40.9 Å². The molecule has 2 aromatic heterocycles. The molecule has 0 spiro atoms. The Morgan fingerprint density at radius 2 is 2.25 bits per heavy atom. The van der Waals surface area contributed by atoms with E-state index in [1.165, 1.54) is 0 Å². The Morgan fingerprint density at radius 3 is 2.95 bits per heavy atom. The number of aryl methyl sites for hydroxylation is 1. The molecular weight excluding hydrogens is 272 g/mol. The molecule has 104 valence electrons. The number of aromatic nitrogens is 4. The van der Waals surface area contributed by atoms with Crippen molar-refractivity contribution < 1.29 is 4.74 Å². The van der Waals surface area contributed by atoms with Gasteiger partial charge in [0.15, 0.2) is 4.77 Å². The van der Waals surface area contributed by atoms with E-state index >= 15 is 0 Å². The monoisotopic (exact) mass is 288 g/mol. The summed E-state index contributed by atoms with van der Waals surface area (Å²) < 4.78 is 10.2. The largest absolute Gasteiger partial charge is 0.492 e. The molecule has 1 N–H and O–H groups in total. The summed E-state index contributed by atoms with van der Waals surface area (Å²) in [5, 5.41) is 4.19. The number of ether oxygens (including phenoxy) is 1. The highest BCUT2D eigenvalue weighted by molar-refractivity contribution is 7.71. The van der Waals surface area contributed by atoms with E-state index in [0.717, 1.165) is 22.3 Å². The van der Waals surface area contributed by atoms with Gasteiger partial charge in [0, 0.05) is 18.8 Å². The molecule has 1 aromatic carbocycles. The lowest BCUT2D eigenvalue weighted by Gasteiger charge is -2.05. The average molecular weight is 288 g/mol. The number of rotatable bonds is 4. The summed E-state index contributed by atoms with van der Waals surface area (Å²) in [7, 11) is 1.91. The Bertz CT molecular complexity index is 799. The molecule has 3 rings (SSSR count). The second-order valence-corrected chi connectivity index (χ2v) is 5.01. The zero-order valence-corrected chi connectivity index (χ0v) is 12.3. The highest BCUT2D eigenvalue weighted by Crippen LogP contribution is 2.25. The highest BCUT2D eigenvalue weighted by Gasteiger charge is 2.10. The van der Waals surface area contributed by atoms with Crippen LogP contribution in [-0.2, 0) is 13.6 Å². The number of fused-ring (bicyclic) bond motifs is 1. The van der Waals surface area contributed by atoms with Gasteiger partial charge in [0.2, 0.25) is 0 Å². The first-order valence-electron chi connectivity index (χ1n) is 6.51. The third-order valence-electron chi connectivity index (χ3n) is 3.17. The van der Waals surface area contributed by atoms with Crippen LogP contribution in [0, 0.1) is 4.77 Å². The standard InChI is InChI=1S/C14H16N4OS/c1-3-19-12-6-4-5-11-13(12)16-14(20)18(11)9-10-7-15-17(2)8-10/h4-8H,3,9H2,1-2H3,(H,16,20). The summed E-state index contributed by atoms with van der Waals surface area (Å²) >= 11 is 5.43. The molecule has 0 fully saturated rings. The molecule has 0 aliphatic rings. The summed E-state index contributed by atoms with van der Waals surface area (Å²) in [6.07, 6.45) is 3.85. The van der Waals surface area contributed by atoms with Crippen LogP contribution in [-0.4, -0.2) is 25.9 Å². The van der Waals surface area contributed by atoms with Crippen LogP contribution in [0.5, 0.6) is 5.75 Å². The summed E-state index contributed by atoms with van der Waals surface area (Å²) in [4.78, 5) is 3.23. The average Bonchev–Trinajstić information content (AvgIpc) is 2.97. The van der Waals surface area contributed by atoms with E-state index in [1.807, 2.05) is 44.6 Å². The topological polar surface area (TPSA) is 47.8 Å². The molecule has 0 saturated heterocycles. The number of H-pyrrole nitrogens is 1. The van der Waals surface area contributed by atoms with Crippen molar-refractivity contribution in [2.24, 2.45) is 7.05 Å². The minimum Gasteiger partial charge on any atom is -0.492 e. The lowest BCUT2D eigenvalue weighted by molar-refractivity contribution is 0.343. The number of para-hydroxylation sites is 1. The molecular formula is C14H16N4OS. The first-order valence-corrected chi connectivity index (χ1v) is 6.91. The molecule has 20 heavy (non-hydrogen) atoms. The van der Waals surface area contributed by atoms with Crippen LogP contribution in [0.4, 0.5) is 0 Å². The molecule has 3 aromatic rings. The number of imidazole rings is 1. The van der Waals surface area contributed by atoms with Crippen LogP contribution >= 0.6 is 12.2 Å². The van der Waals surface area contributed by atoms with Crippen molar-refractivity contribution in [3.8, 4) is 5.75 Å². The van der Waals surface area contributed by atoms with Gasteiger partial charge < -0.3 is 14.3 Å². The Morgan fingerprint density at radius 1 is 1.40 bits per heavy atom. The normalized spacial score (nSPS) is 11.1. The quantitative estimate of drug-likeness (QED) is 0.751. The fraction of sp³-hybridized carbons (Fsp3) is 0.286. The van der Waals surface area contributed by atoms with Crippen molar-refractivity contribution in [2.45, 2.75) is 13.5 Å². The zero-order valence-electron chi connectivity index (χ0n) is 11.5. The van der Waals surface area contributed by atoms with Crippen LogP contribution < -0.4 is 4.74 Å². The molecule has 0 unspecified atom stereocenters. The lowest BCUT2D eigenvalue weighted by Crippen LogP contribution is -1.99. The Hall–Kier alpha value is -2.08. The van der Waals surface area contributed by atoms with E-state index < -0.39 is 0 Å². The predicted molar refractivity (Wildman–Crippen MR) is 80.6 cm³/mol. The molecule has 5 nitrogen and oxygen atoms in total. The Kier molecular flexibility index (Phi) is 3.31. The van der Waals surface area contributed by atoms with E-state index in [2.05, 4.69) is 14.6 Å². The summed E-state index contributed by atoms with van der Waals surface area (Å²) in [5.74, 6) is 0.834. The van der Waals surface area contributed by atoms with E-state index in [-0.39, 0.29) is 0 Å². The van der Waals surface area contributed by atoms with Crippen LogP contribution in [0.25, 0.3) is 11.0 Å². The van der Waals surface area contributed by atoms with Crippen LogP contribution in [0.15, 0.2) is 30.6 Å². The zero-order chi connectivity index (χ0) is 14.1. The maximum atomic E-state index is 5.63. The van der Waals surface area contributed by atoms with Gasteiger partial charge in [-0.2, -0.15) is 5.10 Å². The van der Waals surface area contributed by atoms with E-state index in [0.29, 0.717) is 17.9 Å². The van der Waals surface area contributed by atoms with Crippen molar-refractivity contribution in [1.29, 1.82) is 0 Å². The number of aromatic amines is 1. The fourth-order valence-corrected chi connectivity index (χ4v) is 2.59. The molecule has 0 amide bonds. The van der Waals surface area contributed by atoms with E-state index in [1.54, 1.807) is 4.68 Å². The fourth-order valence-electron chi connectivity index (χ4n) is 2.32. The smallest absolute Gasteiger partial charge is 0.178 e. The van der Waals surface area contributed by atoms with E-state index in [9.17, 15) is 0 Å². The van der Waals surface area contributed by atoms with Gasteiger partial charge in [0.1, 0.15) is 11.3 Å². The maximum Gasteiger partial charge on any atom is 0.178 e. The SMILES string of the molecule is CCOc1cccc2c1[nH]c(=S)n2Cc1cnn(C)c1.